The third-order valence-corrected chi connectivity index (χ3v) is 5.36. The first-order chi connectivity index (χ1) is 7.87. The highest BCUT2D eigenvalue weighted by Crippen LogP contribution is 2.41. The van der Waals surface area contributed by atoms with E-state index in [0.717, 1.165) is 5.92 Å². The van der Waals surface area contributed by atoms with Crippen LogP contribution in [-0.4, -0.2) is 17.0 Å². The molecule has 0 atom stereocenters. The van der Waals surface area contributed by atoms with E-state index in [2.05, 4.69) is 27.7 Å². The molecular formula is C15H31NS. The van der Waals surface area contributed by atoms with Crippen LogP contribution in [0.3, 0.4) is 0 Å². The van der Waals surface area contributed by atoms with Gasteiger partial charge in [-0.2, -0.15) is 11.8 Å². The van der Waals surface area contributed by atoms with Crippen LogP contribution in [0.15, 0.2) is 0 Å². The molecule has 102 valence electrons. The van der Waals surface area contributed by atoms with E-state index in [4.69, 9.17) is 5.73 Å². The van der Waals surface area contributed by atoms with E-state index in [0.29, 0.717) is 5.41 Å². The zero-order valence-electron chi connectivity index (χ0n) is 12.2. The monoisotopic (exact) mass is 257 g/mol. The number of rotatable bonds is 5. The number of hydrogen-bond acceptors (Lipinski definition) is 2. The molecule has 2 heteroatoms. The van der Waals surface area contributed by atoms with Gasteiger partial charge in [-0.3, -0.25) is 0 Å². The lowest BCUT2D eigenvalue weighted by Crippen LogP contribution is -2.45. The highest BCUT2D eigenvalue weighted by Gasteiger charge is 2.35. The zero-order valence-corrected chi connectivity index (χ0v) is 13.0. The molecule has 0 radical (unpaired) electrons. The molecule has 1 saturated carbocycles. The summed E-state index contributed by atoms with van der Waals surface area (Å²) < 4.78 is 0. The SMILES string of the molecule is CCSCCCC1(N)CCC(C(C)(C)C)CC1. The van der Waals surface area contributed by atoms with Crippen molar-refractivity contribution in [2.75, 3.05) is 11.5 Å². The van der Waals surface area contributed by atoms with Crippen molar-refractivity contribution >= 4 is 11.8 Å². The third-order valence-electron chi connectivity index (χ3n) is 4.37. The molecule has 1 rings (SSSR count). The van der Waals surface area contributed by atoms with Gasteiger partial charge in [-0.25, -0.2) is 0 Å². The van der Waals surface area contributed by atoms with Crippen molar-refractivity contribution in [3.05, 3.63) is 0 Å². The van der Waals surface area contributed by atoms with Gasteiger partial charge >= 0.3 is 0 Å². The molecule has 1 aliphatic carbocycles. The Morgan fingerprint density at radius 3 is 2.29 bits per heavy atom. The molecular weight excluding hydrogens is 226 g/mol. The smallest absolute Gasteiger partial charge is 0.0154 e. The van der Waals surface area contributed by atoms with Crippen molar-refractivity contribution in [3.8, 4) is 0 Å². The van der Waals surface area contributed by atoms with Crippen molar-refractivity contribution in [2.24, 2.45) is 17.1 Å². The van der Waals surface area contributed by atoms with Gasteiger partial charge in [0.05, 0.1) is 0 Å². The summed E-state index contributed by atoms with van der Waals surface area (Å²) in [6.45, 7) is 9.36. The van der Waals surface area contributed by atoms with E-state index in [-0.39, 0.29) is 5.54 Å². The van der Waals surface area contributed by atoms with Crippen molar-refractivity contribution in [2.45, 2.75) is 71.8 Å². The van der Waals surface area contributed by atoms with Gasteiger partial charge in [0, 0.05) is 5.54 Å². The molecule has 1 nitrogen and oxygen atoms in total. The van der Waals surface area contributed by atoms with Crippen LogP contribution in [0.4, 0.5) is 0 Å². The van der Waals surface area contributed by atoms with Gasteiger partial charge in [0.1, 0.15) is 0 Å². The molecule has 2 N–H and O–H groups in total. The van der Waals surface area contributed by atoms with Gasteiger partial charge in [0.2, 0.25) is 0 Å². The molecule has 0 aromatic heterocycles. The Balaban J connectivity index is 2.29. The minimum atomic E-state index is 0.163. The lowest BCUT2D eigenvalue weighted by molar-refractivity contribution is 0.129. The van der Waals surface area contributed by atoms with E-state index >= 15 is 0 Å². The molecule has 1 aliphatic rings. The predicted octanol–water partition coefficient (Wildman–Crippen LogP) is 4.45. The fourth-order valence-corrected chi connectivity index (χ4v) is 3.62. The average molecular weight is 257 g/mol. The van der Waals surface area contributed by atoms with Crippen LogP contribution in [0.2, 0.25) is 0 Å². The molecule has 0 saturated heterocycles. The van der Waals surface area contributed by atoms with Gasteiger partial charge in [0.15, 0.2) is 0 Å². The van der Waals surface area contributed by atoms with Gasteiger partial charge in [-0.15, -0.1) is 0 Å². The minimum absolute atomic E-state index is 0.163. The van der Waals surface area contributed by atoms with Crippen LogP contribution in [0.5, 0.6) is 0 Å². The molecule has 0 aromatic rings. The van der Waals surface area contributed by atoms with Crippen LogP contribution in [-0.2, 0) is 0 Å². The fraction of sp³-hybridized carbons (Fsp3) is 1.00. The van der Waals surface area contributed by atoms with Gasteiger partial charge in [0.25, 0.3) is 0 Å². The van der Waals surface area contributed by atoms with Crippen LogP contribution in [0.25, 0.3) is 0 Å². The number of nitrogens with two attached hydrogens (primary N) is 1. The van der Waals surface area contributed by atoms with Crippen LogP contribution < -0.4 is 5.73 Å². The third kappa shape index (κ3) is 5.21. The highest BCUT2D eigenvalue weighted by atomic mass is 32.2. The number of thioether (sulfide) groups is 1. The Morgan fingerprint density at radius 2 is 1.82 bits per heavy atom. The van der Waals surface area contributed by atoms with E-state index in [1.807, 2.05) is 11.8 Å². The maximum atomic E-state index is 6.54. The molecule has 17 heavy (non-hydrogen) atoms. The summed E-state index contributed by atoms with van der Waals surface area (Å²) in [6.07, 6.45) is 7.69. The van der Waals surface area contributed by atoms with Gasteiger partial charge in [-0.1, -0.05) is 27.7 Å². The maximum Gasteiger partial charge on any atom is 0.0154 e. The summed E-state index contributed by atoms with van der Waals surface area (Å²) in [7, 11) is 0. The predicted molar refractivity (Wildman–Crippen MR) is 80.6 cm³/mol. The van der Waals surface area contributed by atoms with Crippen LogP contribution in [0.1, 0.15) is 66.2 Å². The Bertz CT molecular complexity index is 211. The Kier molecular flexibility index (Phi) is 5.85. The second-order valence-corrected chi connectivity index (χ2v) is 8.20. The number of hydrogen-bond donors (Lipinski definition) is 1. The average Bonchev–Trinajstić information content (AvgIpc) is 2.24. The summed E-state index contributed by atoms with van der Waals surface area (Å²) in [5, 5.41) is 0. The summed E-state index contributed by atoms with van der Waals surface area (Å²) in [4.78, 5) is 0. The summed E-state index contributed by atoms with van der Waals surface area (Å²) in [5.41, 5.74) is 7.17. The highest BCUT2D eigenvalue weighted by molar-refractivity contribution is 7.99. The fourth-order valence-electron chi connectivity index (χ4n) is 2.98. The summed E-state index contributed by atoms with van der Waals surface area (Å²) in [5.74, 6) is 3.41. The van der Waals surface area contributed by atoms with Crippen molar-refractivity contribution in [3.63, 3.8) is 0 Å². The molecule has 0 unspecified atom stereocenters. The first-order valence-corrected chi connectivity index (χ1v) is 8.39. The second-order valence-electron chi connectivity index (χ2n) is 6.80. The van der Waals surface area contributed by atoms with E-state index in [1.54, 1.807) is 0 Å². The Morgan fingerprint density at radius 1 is 1.24 bits per heavy atom. The van der Waals surface area contributed by atoms with Gasteiger partial charge < -0.3 is 5.73 Å². The lowest BCUT2D eigenvalue weighted by atomic mass is 9.66. The Labute approximate surface area is 112 Å². The van der Waals surface area contributed by atoms with E-state index in [1.165, 1.54) is 50.0 Å². The molecule has 0 aliphatic heterocycles. The topological polar surface area (TPSA) is 26.0 Å². The zero-order chi connectivity index (χ0) is 12.9. The minimum Gasteiger partial charge on any atom is -0.325 e. The second kappa shape index (κ2) is 6.47. The van der Waals surface area contributed by atoms with Crippen molar-refractivity contribution in [1.29, 1.82) is 0 Å². The normalized spacial score (nSPS) is 30.5. The van der Waals surface area contributed by atoms with Crippen molar-refractivity contribution < 1.29 is 0 Å². The largest absolute Gasteiger partial charge is 0.325 e. The molecule has 0 amide bonds. The van der Waals surface area contributed by atoms with E-state index in [9.17, 15) is 0 Å². The van der Waals surface area contributed by atoms with Crippen LogP contribution >= 0.6 is 11.8 Å². The maximum absolute atomic E-state index is 6.54. The van der Waals surface area contributed by atoms with Crippen LogP contribution in [0, 0.1) is 11.3 Å². The molecule has 1 fully saturated rings. The van der Waals surface area contributed by atoms with Crippen molar-refractivity contribution in [1.82, 2.24) is 0 Å². The standard InChI is InChI=1S/C15H31NS/c1-5-17-12-6-9-15(16)10-7-13(8-11-15)14(2,3)4/h13H,5-12,16H2,1-4H3. The quantitative estimate of drug-likeness (QED) is 0.736. The molecule has 0 heterocycles. The first kappa shape index (κ1) is 15.4. The lowest BCUT2D eigenvalue weighted by Gasteiger charge is -2.42. The first-order valence-electron chi connectivity index (χ1n) is 7.24. The van der Waals surface area contributed by atoms with Gasteiger partial charge in [-0.05, 0) is 61.4 Å². The molecule has 0 aromatic carbocycles. The molecule has 0 spiro atoms. The summed E-state index contributed by atoms with van der Waals surface area (Å²) >= 11 is 2.04. The Hall–Kier alpha value is 0.310. The summed E-state index contributed by atoms with van der Waals surface area (Å²) in [6, 6.07) is 0. The molecule has 0 bridgehead atoms. The van der Waals surface area contributed by atoms with E-state index < -0.39 is 0 Å².